The number of rotatable bonds is 8. The fraction of sp³-hybridized carbons (Fsp3) is 0.350. The molecule has 4 N–H and O–H groups in total. The van der Waals surface area contributed by atoms with Gasteiger partial charge in [0, 0.05) is 18.2 Å². The molecule has 138 valence electrons. The summed E-state index contributed by atoms with van der Waals surface area (Å²) >= 11 is 0. The number of aromatic hydroxyl groups is 1. The van der Waals surface area contributed by atoms with Gasteiger partial charge in [-0.3, -0.25) is 4.79 Å². The van der Waals surface area contributed by atoms with Gasteiger partial charge in [-0.2, -0.15) is 0 Å². The Morgan fingerprint density at radius 1 is 1.19 bits per heavy atom. The van der Waals surface area contributed by atoms with Crippen LogP contribution in [0.4, 0.5) is 5.69 Å². The highest BCUT2D eigenvalue weighted by Gasteiger charge is 2.23. The lowest BCUT2D eigenvalue weighted by Crippen LogP contribution is -2.28. The smallest absolute Gasteiger partial charge is 0.262 e. The van der Waals surface area contributed by atoms with Crippen molar-refractivity contribution in [2.75, 3.05) is 25.0 Å². The maximum atomic E-state index is 11.4. The lowest BCUT2D eigenvalue weighted by Gasteiger charge is -2.23. The highest BCUT2D eigenvalue weighted by molar-refractivity contribution is 5.96. The van der Waals surface area contributed by atoms with Crippen LogP contribution in [0.5, 0.6) is 11.5 Å². The van der Waals surface area contributed by atoms with Gasteiger partial charge in [-0.15, -0.1) is 0 Å². The van der Waals surface area contributed by atoms with Crippen molar-refractivity contribution >= 4 is 11.6 Å². The second kappa shape index (κ2) is 8.69. The fourth-order valence-electron chi connectivity index (χ4n) is 3.03. The first-order valence-electron chi connectivity index (χ1n) is 8.86. The summed E-state index contributed by atoms with van der Waals surface area (Å²) in [6, 6.07) is 13.2. The number of aryl methyl sites for hydroxylation is 1. The van der Waals surface area contributed by atoms with E-state index in [9.17, 15) is 15.0 Å². The third-order valence-corrected chi connectivity index (χ3v) is 4.33. The number of aliphatic hydroxyl groups is 1. The third-order valence-electron chi connectivity index (χ3n) is 4.33. The summed E-state index contributed by atoms with van der Waals surface area (Å²) in [4.78, 5) is 11.4. The molecule has 1 unspecified atom stereocenters. The second-order valence-electron chi connectivity index (χ2n) is 6.41. The summed E-state index contributed by atoms with van der Waals surface area (Å²) in [7, 11) is 0. The maximum Gasteiger partial charge on any atom is 0.262 e. The van der Waals surface area contributed by atoms with Gasteiger partial charge in [0.1, 0.15) is 11.5 Å². The van der Waals surface area contributed by atoms with Crippen LogP contribution in [-0.4, -0.2) is 35.8 Å². The van der Waals surface area contributed by atoms with Crippen LogP contribution in [-0.2, 0) is 11.2 Å². The van der Waals surface area contributed by atoms with Gasteiger partial charge >= 0.3 is 0 Å². The zero-order valence-corrected chi connectivity index (χ0v) is 14.6. The monoisotopic (exact) mass is 356 g/mol. The quantitative estimate of drug-likeness (QED) is 0.545. The van der Waals surface area contributed by atoms with Crippen molar-refractivity contribution in [3.05, 3.63) is 53.6 Å². The number of anilines is 1. The van der Waals surface area contributed by atoms with Crippen LogP contribution in [0.25, 0.3) is 0 Å². The normalized spacial score (nSPS) is 14.3. The first-order chi connectivity index (χ1) is 12.6. The molecule has 1 heterocycles. The molecule has 0 bridgehead atoms. The standard InChI is InChI=1S/C20H24N2O4/c23-15-10-16(20-17(11-15)22-19(25)13-26-20)18(24)12-21-9-5-4-8-14-6-2-1-3-7-14/h1-3,6-7,10-11,18,21,23-24H,4-5,8-9,12-13H2,(H,22,25). The van der Waals surface area contributed by atoms with Crippen LogP contribution in [0, 0.1) is 0 Å². The Morgan fingerprint density at radius 2 is 2.00 bits per heavy atom. The summed E-state index contributed by atoms with van der Waals surface area (Å²) in [5.74, 6) is 0.118. The molecule has 1 aliphatic rings. The van der Waals surface area contributed by atoms with Gasteiger partial charge in [-0.1, -0.05) is 30.3 Å². The largest absolute Gasteiger partial charge is 0.508 e. The number of benzene rings is 2. The highest BCUT2D eigenvalue weighted by Crippen LogP contribution is 2.38. The topological polar surface area (TPSA) is 90.8 Å². The summed E-state index contributed by atoms with van der Waals surface area (Å²) in [5, 5.41) is 26.1. The molecule has 1 amide bonds. The number of phenolic OH excluding ortho intramolecular Hbond substituents is 1. The van der Waals surface area contributed by atoms with E-state index in [0.717, 1.165) is 25.8 Å². The number of phenols is 1. The summed E-state index contributed by atoms with van der Waals surface area (Å²) in [6.45, 7) is 1.05. The number of amides is 1. The molecule has 26 heavy (non-hydrogen) atoms. The third kappa shape index (κ3) is 4.74. The Bertz CT molecular complexity index is 749. The van der Waals surface area contributed by atoms with Crippen molar-refractivity contribution in [2.45, 2.75) is 25.4 Å². The zero-order chi connectivity index (χ0) is 18.4. The van der Waals surface area contributed by atoms with Gasteiger partial charge in [0.15, 0.2) is 6.61 Å². The minimum atomic E-state index is -0.833. The zero-order valence-electron chi connectivity index (χ0n) is 14.6. The first-order valence-corrected chi connectivity index (χ1v) is 8.86. The fourth-order valence-corrected chi connectivity index (χ4v) is 3.03. The Balaban J connectivity index is 1.46. The van der Waals surface area contributed by atoms with Crippen LogP contribution < -0.4 is 15.4 Å². The lowest BCUT2D eigenvalue weighted by molar-refractivity contribution is -0.118. The van der Waals surface area contributed by atoms with Crippen molar-refractivity contribution < 1.29 is 19.7 Å². The lowest BCUT2D eigenvalue weighted by atomic mass is 10.0. The average Bonchev–Trinajstić information content (AvgIpc) is 2.64. The predicted octanol–water partition coefficient (Wildman–Crippen LogP) is 2.37. The Labute approximate surface area is 152 Å². The molecular weight excluding hydrogens is 332 g/mol. The van der Waals surface area contributed by atoms with Crippen LogP contribution in [0.1, 0.15) is 30.1 Å². The van der Waals surface area contributed by atoms with Crippen molar-refractivity contribution in [3.8, 4) is 11.5 Å². The molecular formula is C20H24N2O4. The number of ether oxygens (including phenoxy) is 1. The number of carbonyl (C=O) groups is 1. The van der Waals surface area contributed by atoms with E-state index in [1.807, 2.05) is 18.2 Å². The minimum absolute atomic E-state index is 0.0218. The second-order valence-corrected chi connectivity index (χ2v) is 6.41. The van der Waals surface area contributed by atoms with E-state index < -0.39 is 6.10 Å². The summed E-state index contributed by atoms with van der Waals surface area (Å²) < 4.78 is 5.43. The Kier molecular flexibility index (Phi) is 6.09. The number of hydrogen-bond acceptors (Lipinski definition) is 5. The van der Waals surface area contributed by atoms with E-state index in [2.05, 4.69) is 22.8 Å². The molecule has 2 aromatic carbocycles. The van der Waals surface area contributed by atoms with E-state index >= 15 is 0 Å². The molecule has 0 saturated carbocycles. The molecule has 2 aromatic rings. The number of carbonyl (C=O) groups excluding carboxylic acids is 1. The van der Waals surface area contributed by atoms with E-state index in [1.54, 1.807) is 0 Å². The van der Waals surface area contributed by atoms with E-state index in [0.29, 0.717) is 23.5 Å². The Morgan fingerprint density at radius 3 is 2.81 bits per heavy atom. The molecule has 0 aliphatic carbocycles. The van der Waals surface area contributed by atoms with Crippen LogP contribution in [0.15, 0.2) is 42.5 Å². The molecule has 0 aromatic heterocycles. The molecule has 6 nitrogen and oxygen atoms in total. The molecule has 6 heteroatoms. The van der Waals surface area contributed by atoms with Crippen molar-refractivity contribution in [1.29, 1.82) is 0 Å². The van der Waals surface area contributed by atoms with Gasteiger partial charge < -0.3 is 25.6 Å². The van der Waals surface area contributed by atoms with Gasteiger partial charge in [0.25, 0.3) is 5.91 Å². The average molecular weight is 356 g/mol. The number of fused-ring (bicyclic) bond motifs is 1. The summed E-state index contributed by atoms with van der Waals surface area (Å²) in [5.41, 5.74) is 2.19. The Hall–Kier alpha value is -2.57. The van der Waals surface area contributed by atoms with Crippen LogP contribution in [0.3, 0.4) is 0 Å². The van der Waals surface area contributed by atoms with Crippen LogP contribution >= 0.6 is 0 Å². The molecule has 0 radical (unpaired) electrons. The molecule has 3 rings (SSSR count). The van der Waals surface area contributed by atoms with Gasteiger partial charge in [-0.05, 0) is 37.4 Å². The summed E-state index contributed by atoms with van der Waals surface area (Å²) in [6.07, 6.45) is 2.29. The van der Waals surface area contributed by atoms with Crippen LogP contribution in [0.2, 0.25) is 0 Å². The number of unbranched alkanes of at least 4 members (excludes halogenated alkanes) is 1. The number of aliphatic hydroxyl groups excluding tert-OH is 1. The molecule has 0 saturated heterocycles. The van der Waals surface area contributed by atoms with Crippen molar-refractivity contribution in [2.24, 2.45) is 0 Å². The van der Waals surface area contributed by atoms with E-state index in [-0.39, 0.29) is 18.3 Å². The van der Waals surface area contributed by atoms with Crippen molar-refractivity contribution in [1.82, 2.24) is 5.32 Å². The first kappa shape index (κ1) is 18.2. The van der Waals surface area contributed by atoms with Gasteiger partial charge in [0.2, 0.25) is 0 Å². The minimum Gasteiger partial charge on any atom is -0.508 e. The van der Waals surface area contributed by atoms with Gasteiger partial charge in [-0.25, -0.2) is 0 Å². The maximum absolute atomic E-state index is 11.4. The van der Waals surface area contributed by atoms with E-state index in [1.165, 1.54) is 17.7 Å². The molecule has 0 fully saturated rings. The molecule has 0 spiro atoms. The highest BCUT2D eigenvalue weighted by atomic mass is 16.5. The molecule has 1 atom stereocenters. The SMILES string of the molecule is O=C1COc2c(cc(O)cc2C(O)CNCCCCc2ccccc2)N1. The molecule has 1 aliphatic heterocycles. The number of hydrogen-bond donors (Lipinski definition) is 4. The van der Waals surface area contributed by atoms with Gasteiger partial charge in [0.05, 0.1) is 11.8 Å². The van der Waals surface area contributed by atoms with Crippen molar-refractivity contribution in [3.63, 3.8) is 0 Å². The number of nitrogens with one attached hydrogen (secondary N) is 2. The predicted molar refractivity (Wildman–Crippen MR) is 99.4 cm³/mol. The van der Waals surface area contributed by atoms with E-state index in [4.69, 9.17) is 4.74 Å².